The molecule has 0 aromatic heterocycles. The number of hydrogen-bond donors (Lipinski definition) is 2. The number of alkyl halides is 3. The second kappa shape index (κ2) is 10.4. The van der Waals surface area contributed by atoms with Crippen LogP contribution in [0.15, 0.2) is 59.8 Å². The van der Waals surface area contributed by atoms with Crippen molar-refractivity contribution < 1.29 is 32.7 Å². The number of nitrogens with one attached hydrogen (secondary N) is 1. The van der Waals surface area contributed by atoms with Gasteiger partial charge in [-0.1, -0.05) is 18.2 Å². The van der Waals surface area contributed by atoms with Crippen LogP contribution in [-0.2, 0) is 11.0 Å². The van der Waals surface area contributed by atoms with Crippen LogP contribution in [0, 0.1) is 11.3 Å². The van der Waals surface area contributed by atoms with E-state index in [9.17, 15) is 27.6 Å². The van der Waals surface area contributed by atoms with Crippen LogP contribution in [0.5, 0.6) is 0 Å². The number of amides is 4. The summed E-state index contributed by atoms with van der Waals surface area (Å²) in [7, 11) is 0. The van der Waals surface area contributed by atoms with E-state index in [4.69, 9.17) is 10.4 Å². The van der Waals surface area contributed by atoms with Gasteiger partial charge in [-0.25, -0.2) is 14.5 Å². The van der Waals surface area contributed by atoms with E-state index >= 15 is 0 Å². The molecule has 0 bridgehead atoms. The van der Waals surface area contributed by atoms with E-state index in [2.05, 4.69) is 5.32 Å². The van der Waals surface area contributed by atoms with Crippen LogP contribution >= 0.6 is 0 Å². The fourth-order valence-corrected chi connectivity index (χ4v) is 4.56. The summed E-state index contributed by atoms with van der Waals surface area (Å²) in [6.45, 7) is -0.181. The van der Waals surface area contributed by atoms with Gasteiger partial charge in [-0.15, -0.1) is 0 Å². The van der Waals surface area contributed by atoms with E-state index < -0.39 is 29.8 Å². The summed E-state index contributed by atoms with van der Waals surface area (Å²) >= 11 is 0. The number of benzene rings is 2. The zero-order chi connectivity index (χ0) is 26.7. The molecule has 2 aliphatic rings. The van der Waals surface area contributed by atoms with E-state index in [1.54, 1.807) is 0 Å². The number of aliphatic hydroxyl groups excluding tert-OH is 1. The number of halogens is 3. The Morgan fingerprint density at radius 1 is 1.14 bits per heavy atom. The predicted octanol–water partition coefficient (Wildman–Crippen LogP) is 4.66. The first-order valence-corrected chi connectivity index (χ1v) is 11.6. The molecule has 2 aromatic rings. The van der Waals surface area contributed by atoms with Crippen LogP contribution in [-0.4, -0.2) is 41.0 Å². The Kier molecular flexibility index (Phi) is 7.31. The lowest BCUT2D eigenvalue weighted by molar-refractivity contribution is -0.137. The van der Waals surface area contributed by atoms with Crippen molar-refractivity contribution >= 4 is 23.5 Å². The average Bonchev–Trinajstić information content (AvgIpc) is 2.88. The van der Waals surface area contributed by atoms with Crippen molar-refractivity contribution in [1.29, 1.82) is 5.26 Å². The number of imide groups is 1. The van der Waals surface area contributed by atoms with E-state index in [1.165, 1.54) is 30.3 Å². The Hall–Kier alpha value is -4.17. The second-order valence-electron chi connectivity index (χ2n) is 8.62. The molecule has 2 N–H and O–H groups in total. The number of urea groups is 2. The third-order valence-electron chi connectivity index (χ3n) is 6.24. The monoisotopic (exact) mass is 512 g/mol. The standard InChI is InChI=1S/C26H23F3N4O4/c27-26(28,29)18-4-1-5-19(14-18)32-20-6-2-7-21(35)22(20)23(17-10-8-16(15-30)9-11-17)33(25(32)37)24(36)31-12-3-13-34/h1,4-5,8-11,14,23,34H,2-3,6-7,12-13H2,(H,31,36). The summed E-state index contributed by atoms with van der Waals surface area (Å²) in [4.78, 5) is 42.3. The predicted molar refractivity (Wildman–Crippen MR) is 126 cm³/mol. The summed E-state index contributed by atoms with van der Waals surface area (Å²) in [5, 5.41) is 20.8. The van der Waals surface area contributed by atoms with Crippen molar-refractivity contribution in [2.45, 2.75) is 37.9 Å². The third-order valence-corrected chi connectivity index (χ3v) is 6.24. The maximum Gasteiger partial charge on any atom is 0.416 e. The van der Waals surface area contributed by atoms with Crippen molar-refractivity contribution in [3.63, 3.8) is 0 Å². The Balaban J connectivity index is 1.91. The largest absolute Gasteiger partial charge is 0.416 e. The SMILES string of the molecule is N#Cc1ccc(C2C3=C(CCCC3=O)N(c3cccc(C(F)(F)F)c3)C(=O)N2C(=O)NCCCO)cc1. The highest BCUT2D eigenvalue weighted by molar-refractivity contribution is 6.11. The van der Waals surface area contributed by atoms with Gasteiger partial charge in [0.25, 0.3) is 0 Å². The molecule has 192 valence electrons. The molecule has 0 spiro atoms. The topological polar surface area (TPSA) is 114 Å². The van der Waals surface area contributed by atoms with Gasteiger partial charge in [0.1, 0.15) is 0 Å². The van der Waals surface area contributed by atoms with Crippen molar-refractivity contribution in [1.82, 2.24) is 10.2 Å². The number of anilines is 1. The van der Waals surface area contributed by atoms with Crippen LogP contribution in [0.3, 0.4) is 0 Å². The maximum atomic E-state index is 13.9. The number of carbonyl (C=O) groups excluding carboxylic acids is 3. The molecule has 1 aliphatic carbocycles. The van der Waals surface area contributed by atoms with Gasteiger partial charge in [0.15, 0.2) is 5.78 Å². The number of ketones is 1. The summed E-state index contributed by atoms with van der Waals surface area (Å²) in [6.07, 6.45) is -3.67. The lowest BCUT2D eigenvalue weighted by atomic mass is 9.83. The van der Waals surface area contributed by atoms with E-state index in [-0.39, 0.29) is 55.2 Å². The summed E-state index contributed by atoms with van der Waals surface area (Å²) in [6, 6.07) is 9.30. The van der Waals surface area contributed by atoms with Gasteiger partial charge in [-0.05, 0) is 55.2 Å². The smallest absolute Gasteiger partial charge is 0.396 e. The Morgan fingerprint density at radius 3 is 2.51 bits per heavy atom. The van der Waals surface area contributed by atoms with E-state index in [1.807, 2.05) is 6.07 Å². The van der Waals surface area contributed by atoms with Gasteiger partial charge >= 0.3 is 18.2 Å². The molecule has 4 rings (SSSR count). The quantitative estimate of drug-likeness (QED) is 0.566. The molecule has 11 heteroatoms. The molecule has 0 saturated heterocycles. The first-order valence-electron chi connectivity index (χ1n) is 11.6. The molecule has 0 fully saturated rings. The highest BCUT2D eigenvalue weighted by Crippen LogP contribution is 2.44. The van der Waals surface area contributed by atoms with E-state index in [0.29, 0.717) is 17.5 Å². The molecule has 8 nitrogen and oxygen atoms in total. The second-order valence-corrected chi connectivity index (χ2v) is 8.62. The Labute approximate surface area is 210 Å². The highest BCUT2D eigenvalue weighted by Gasteiger charge is 2.47. The van der Waals surface area contributed by atoms with Crippen LogP contribution in [0.1, 0.15) is 48.4 Å². The minimum Gasteiger partial charge on any atom is -0.396 e. The summed E-state index contributed by atoms with van der Waals surface area (Å²) < 4.78 is 40.4. The van der Waals surface area contributed by atoms with Crippen LogP contribution in [0.4, 0.5) is 28.4 Å². The molecule has 1 heterocycles. The molecule has 0 saturated carbocycles. The summed E-state index contributed by atoms with van der Waals surface area (Å²) in [5.74, 6) is -0.326. The fraction of sp³-hybridized carbons (Fsp3) is 0.308. The molecule has 4 amide bonds. The Morgan fingerprint density at radius 2 is 1.86 bits per heavy atom. The third kappa shape index (κ3) is 5.06. The minimum absolute atomic E-state index is 0.0304. The van der Waals surface area contributed by atoms with Gasteiger partial charge in [-0.2, -0.15) is 18.4 Å². The van der Waals surface area contributed by atoms with Crippen molar-refractivity contribution in [2.75, 3.05) is 18.1 Å². The van der Waals surface area contributed by atoms with Gasteiger partial charge in [0.2, 0.25) is 0 Å². The number of Topliss-reactive ketones (excluding diaryl/α,β-unsaturated/α-hetero) is 1. The zero-order valence-corrected chi connectivity index (χ0v) is 19.6. The molecular weight excluding hydrogens is 489 g/mol. The number of nitriles is 1. The number of rotatable bonds is 5. The normalized spacial score (nSPS) is 18.0. The number of hydrogen-bond acceptors (Lipinski definition) is 5. The number of aliphatic hydroxyl groups is 1. The maximum absolute atomic E-state index is 13.9. The molecule has 1 unspecified atom stereocenters. The van der Waals surface area contributed by atoms with Gasteiger partial charge in [-0.3, -0.25) is 9.69 Å². The molecule has 0 radical (unpaired) electrons. The van der Waals surface area contributed by atoms with Crippen molar-refractivity contribution in [3.05, 3.63) is 76.5 Å². The number of allylic oxidation sites excluding steroid dienone is 1. The van der Waals surface area contributed by atoms with Crippen LogP contribution in [0.25, 0.3) is 0 Å². The molecule has 1 aliphatic heterocycles. The number of nitrogens with zero attached hydrogens (tertiary/aromatic N) is 3. The van der Waals surface area contributed by atoms with Crippen molar-refractivity contribution in [3.8, 4) is 6.07 Å². The molecule has 2 aromatic carbocycles. The summed E-state index contributed by atoms with van der Waals surface area (Å²) in [5.41, 5.74) is 0.0269. The van der Waals surface area contributed by atoms with Crippen LogP contribution in [0.2, 0.25) is 0 Å². The van der Waals surface area contributed by atoms with Gasteiger partial charge in [0, 0.05) is 30.8 Å². The lowest BCUT2D eigenvalue weighted by Gasteiger charge is -2.44. The molecule has 37 heavy (non-hydrogen) atoms. The molecule has 1 atom stereocenters. The fourth-order valence-electron chi connectivity index (χ4n) is 4.56. The van der Waals surface area contributed by atoms with E-state index in [0.717, 1.165) is 28.0 Å². The van der Waals surface area contributed by atoms with Crippen molar-refractivity contribution in [2.24, 2.45) is 0 Å². The average molecular weight is 512 g/mol. The highest BCUT2D eigenvalue weighted by atomic mass is 19.4. The number of carbonyl (C=O) groups is 3. The first-order chi connectivity index (χ1) is 17.7. The van der Waals surface area contributed by atoms with Crippen LogP contribution < -0.4 is 10.2 Å². The molecular formula is C26H23F3N4O4. The lowest BCUT2D eigenvalue weighted by Crippen LogP contribution is -2.56. The first kappa shape index (κ1) is 25.9. The van der Waals surface area contributed by atoms with Gasteiger partial charge in [0.05, 0.1) is 28.9 Å². The van der Waals surface area contributed by atoms with Gasteiger partial charge < -0.3 is 10.4 Å². The Bertz CT molecular complexity index is 1300. The minimum atomic E-state index is -4.67. The zero-order valence-electron chi connectivity index (χ0n) is 19.6.